The van der Waals surface area contributed by atoms with Crippen LogP contribution >= 0.6 is 0 Å². The van der Waals surface area contributed by atoms with Gasteiger partial charge in [0.2, 0.25) is 5.91 Å². The molecular weight excluding hydrogens is 342 g/mol. The smallest absolute Gasteiger partial charge is 0.264 e. The molecule has 0 saturated carbocycles. The van der Waals surface area contributed by atoms with Crippen molar-refractivity contribution in [1.29, 1.82) is 0 Å². The average molecular weight is 367 g/mol. The van der Waals surface area contributed by atoms with Crippen LogP contribution in [0.1, 0.15) is 45.6 Å². The lowest BCUT2D eigenvalue weighted by Crippen LogP contribution is -2.37. The van der Waals surface area contributed by atoms with E-state index < -0.39 is 0 Å². The lowest BCUT2D eigenvalue weighted by atomic mass is 10.0. The minimum Gasteiger partial charge on any atom is -0.352 e. The monoisotopic (exact) mass is 367 g/mol. The Kier molecular flexibility index (Phi) is 5.39. The second-order valence-corrected chi connectivity index (χ2v) is 7.09. The first-order valence-corrected chi connectivity index (χ1v) is 9.23. The van der Waals surface area contributed by atoms with Gasteiger partial charge in [-0.3, -0.25) is 14.2 Å². The molecule has 2 heterocycles. The van der Waals surface area contributed by atoms with Gasteiger partial charge in [0.15, 0.2) is 5.65 Å². The zero-order valence-corrected chi connectivity index (χ0v) is 16.1. The largest absolute Gasteiger partial charge is 0.352 e. The number of benzene rings is 1. The van der Waals surface area contributed by atoms with Crippen LogP contribution in [0.4, 0.5) is 0 Å². The Morgan fingerprint density at radius 3 is 2.52 bits per heavy atom. The quantitative estimate of drug-likeness (QED) is 0.726. The maximum Gasteiger partial charge on any atom is 0.264 e. The standard InChI is InChI=1S/C20H25N5O2/c1-5-14(4)23-18(26)11-24-12-21-19-17(20(24)27)10-22-25(19)16-8-6-15(7-9-16)13(2)3/h6-10,12-14H,5,11H2,1-4H3,(H,23,26)/t14-/m0/s1. The van der Waals surface area contributed by atoms with Crippen molar-refractivity contribution in [2.75, 3.05) is 0 Å². The molecule has 7 nitrogen and oxygen atoms in total. The van der Waals surface area contributed by atoms with Crippen molar-refractivity contribution in [2.24, 2.45) is 0 Å². The number of nitrogens with zero attached hydrogens (tertiary/aromatic N) is 4. The fourth-order valence-electron chi connectivity index (χ4n) is 2.83. The maximum absolute atomic E-state index is 12.7. The van der Waals surface area contributed by atoms with Gasteiger partial charge >= 0.3 is 0 Å². The second kappa shape index (κ2) is 7.73. The van der Waals surface area contributed by atoms with Crippen molar-refractivity contribution in [3.8, 4) is 5.69 Å². The molecule has 7 heteroatoms. The van der Waals surface area contributed by atoms with Gasteiger partial charge < -0.3 is 5.32 Å². The van der Waals surface area contributed by atoms with Crippen LogP contribution in [0, 0.1) is 0 Å². The number of fused-ring (bicyclic) bond motifs is 1. The Morgan fingerprint density at radius 2 is 1.89 bits per heavy atom. The highest BCUT2D eigenvalue weighted by molar-refractivity contribution is 5.78. The van der Waals surface area contributed by atoms with E-state index in [4.69, 9.17) is 0 Å². The molecule has 0 unspecified atom stereocenters. The Morgan fingerprint density at radius 1 is 1.19 bits per heavy atom. The molecule has 1 N–H and O–H groups in total. The Balaban J connectivity index is 1.90. The topological polar surface area (TPSA) is 81.8 Å². The molecule has 0 aliphatic rings. The van der Waals surface area contributed by atoms with Gasteiger partial charge in [0.05, 0.1) is 11.9 Å². The zero-order valence-electron chi connectivity index (χ0n) is 16.1. The van der Waals surface area contributed by atoms with Gasteiger partial charge in [0.25, 0.3) is 5.56 Å². The summed E-state index contributed by atoms with van der Waals surface area (Å²) in [6.07, 6.45) is 3.74. The Hall–Kier alpha value is -2.96. The maximum atomic E-state index is 12.7. The van der Waals surface area contributed by atoms with E-state index >= 15 is 0 Å². The van der Waals surface area contributed by atoms with Gasteiger partial charge in [-0.1, -0.05) is 32.9 Å². The van der Waals surface area contributed by atoms with Crippen LogP contribution in [-0.4, -0.2) is 31.3 Å². The average Bonchev–Trinajstić information content (AvgIpc) is 3.08. The number of rotatable bonds is 6. The molecule has 0 aliphatic carbocycles. The first-order valence-electron chi connectivity index (χ1n) is 9.23. The Bertz CT molecular complexity index is 1000. The number of aromatic nitrogens is 4. The van der Waals surface area contributed by atoms with E-state index in [9.17, 15) is 9.59 Å². The molecule has 1 amide bonds. The normalized spacial score (nSPS) is 12.5. The van der Waals surface area contributed by atoms with Crippen LogP contribution in [0.2, 0.25) is 0 Å². The van der Waals surface area contributed by atoms with Gasteiger partial charge in [-0.25, -0.2) is 9.67 Å². The number of carbonyl (C=O) groups excluding carboxylic acids is 1. The third-order valence-electron chi connectivity index (χ3n) is 4.69. The van der Waals surface area contributed by atoms with Crippen molar-refractivity contribution in [3.05, 3.63) is 52.7 Å². The van der Waals surface area contributed by atoms with Crippen molar-refractivity contribution < 1.29 is 4.79 Å². The highest BCUT2D eigenvalue weighted by Gasteiger charge is 2.14. The minimum absolute atomic E-state index is 0.0552. The third kappa shape index (κ3) is 3.92. The van der Waals surface area contributed by atoms with E-state index in [-0.39, 0.29) is 24.1 Å². The molecule has 3 aromatic rings. The fourth-order valence-corrected chi connectivity index (χ4v) is 2.83. The summed E-state index contributed by atoms with van der Waals surface area (Å²) in [7, 11) is 0. The van der Waals surface area contributed by atoms with Crippen LogP contribution in [0.5, 0.6) is 0 Å². The van der Waals surface area contributed by atoms with Gasteiger partial charge in [-0.05, 0) is 37.0 Å². The summed E-state index contributed by atoms with van der Waals surface area (Å²) in [6.45, 7) is 8.14. The molecule has 27 heavy (non-hydrogen) atoms. The molecule has 3 rings (SSSR count). The van der Waals surface area contributed by atoms with Crippen LogP contribution in [0.3, 0.4) is 0 Å². The second-order valence-electron chi connectivity index (χ2n) is 7.09. The van der Waals surface area contributed by atoms with E-state index in [1.54, 1.807) is 4.68 Å². The number of hydrogen-bond donors (Lipinski definition) is 1. The molecule has 0 aliphatic heterocycles. The number of amides is 1. The molecule has 2 aromatic heterocycles. The van der Waals surface area contributed by atoms with E-state index in [1.807, 2.05) is 38.1 Å². The highest BCUT2D eigenvalue weighted by atomic mass is 16.2. The molecular formula is C20H25N5O2. The van der Waals surface area contributed by atoms with Crippen molar-refractivity contribution in [2.45, 2.75) is 52.6 Å². The highest BCUT2D eigenvalue weighted by Crippen LogP contribution is 2.18. The van der Waals surface area contributed by atoms with Gasteiger partial charge in [-0.2, -0.15) is 5.10 Å². The van der Waals surface area contributed by atoms with Crippen molar-refractivity contribution >= 4 is 16.9 Å². The predicted molar refractivity (Wildman–Crippen MR) is 105 cm³/mol. The van der Waals surface area contributed by atoms with Crippen molar-refractivity contribution in [3.63, 3.8) is 0 Å². The summed E-state index contributed by atoms with van der Waals surface area (Å²) in [5, 5.41) is 7.57. The Labute approximate surface area is 158 Å². The van der Waals surface area contributed by atoms with Crippen LogP contribution in [0.25, 0.3) is 16.7 Å². The third-order valence-corrected chi connectivity index (χ3v) is 4.69. The van der Waals surface area contributed by atoms with E-state index in [0.29, 0.717) is 17.0 Å². The summed E-state index contributed by atoms with van der Waals surface area (Å²) in [4.78, 5) is 29.1. The summed E-state index contributed by atoms with van der Waals surface area (Å²) < 4.78 is 2.96. The SMILES string of the molecule is CC[C@H](C)NC(=O)Cn1cnc2c(cnn2-c2ccc(C(C)C)cc2)c1=O. The first-order chi connectivity index (χ1) is 12.9. The van der Waals surface area contributed by atoms with E-state index in [0.717, 1.165) is 12.1 Å². The van der Waals surface area contributed by atoms with Crippen LogP contribution < -0.4 is 10.9 Å². The summed E-state index contributed by atoms with van der Waals surface area (Å²) in [5.41, 5.74) is 2.28. The number of nitrogens with one attached hydrogen (secondary N) is 1. The summed E-state index contributed by atoms with van der Waals surface area (Å²) in [6, 6.07) is 8.10. The fraction of sp³-hybridized carbons (Fsp3) is 0.400. The molecule has 0 spiro atoms. The van der Waals surface area contributed by atoms with Gasteiger partial charge in [0.1, 0.15) is 18.3 Å². The molecule has 1 atom stereocenters. The first kappa shape index (κ1) is 18.8. The molecule has 0 saturated heterocycles. The minimum atomic E-state index is -0.274. The van der Waals surface area contributed by atoms with E-state index in [1.165, 1.54) is 22.7 Å². The molecule has 142 valence electrons. The molecule has 0 bridgehead atoms. The van der Waals surface area contributed by atoms with Crippen molar-refractivity contribution in [1.82, 2.24) is 24.6 Å². The number of hydrogen-bond acceptors (Lipinski definition) is 4. The van der Waals surface area contributed by atoms with E-state index in [2.05, 4.69) is 29.2 Å². The number of carbonyl (C=O) groups is 1. The van der Waals surface area contributed by atoms with Crippen LogP contribution in [-0.2, 0) is 11.3 Å². The van der Waals surface area contributed by atoms with Gasteiger partial charge in [-0.15, -0.1) is 0 Å². The predicted octanol–water partition coefficient (Wildman–Crippen LogP) is 2.62. The summed E-state index contributed by atoms with van der Waals surface area (Å²) >= 11 is 0. The lowest BCUT2D eigenvalue weighted by Gasteiger charge is -2.12. The lowest BCUT2D eigenvalue weighted by molar-refractivity contribution is -0.122. The van der Waals surface area contributed by atoms with Gasteiger partial charge in [0, 0.05) is 6.04 Å². The zero-order chi connectivity index (χ0) is 19.6. The molecule has 0 fully saturated rings. The molecule has 0 radical (unpaired) electrons. The molecule has 1 aromatic carbocycles. The van der Waals surface area contributed by atoms with Crippen LogP contribution in [0.15, 0.2) is 41.6 Å². The summed E-state index contributed by atoms with van der Waals surface area (Å²) in [5.74, 6) is 0.240.